The zero-order valence-corrected chi connectivity index (χ0v) is 17.1. The number of nitrogens with two attached hydrogens (primary N) is 1. The molecule has 4 rings (SSSR count). The lowest BCUT2D eigenvalue weighted by molar-refractivity contribution is -0.137. The number of pyridine rings is 4. The molecule has 0 bridgehead atoms. The lowest BCUT2D eigenvalue weighted by atomic mass is 10.0. The van der Waals surface area contributed by atoms with Crippen LogP contribution in [0.5, 0.6) is 0 Å². The summed E-state index contributed by atoms with van der Waals surface area (Å²) in [5.41, 5.74) is 8.49. The Hall–Kier alpha value is -4.08. The van der Waals surface area contributed by atoms with E-state index in [0.29, 0.717) is 11.5 Å². The molecule has 3 N–H and O–H groups in total. The van der Waals surface area contributed by atoms with E-state index >= 15 is 0 Å². The summed E-state index contributed by atoms with van der Waals surface area (Å²) in [6, 6.07) is 7.27. The highest BCUT2D eigenvalue weighted by Gasteiger charge is 2.30. The second-order valence-corrected chi connectivity index (χ2v) is 6.99. The first-order valence-corrected chi connectivity index (χ1v) is 9.53. The molecule has 0 saturated carbocycles. The summed E-state index contributed by atoms with van der Waals surface area (Å²) in [6.45, 7) is 1.84. The van der Waals surface area contributed by atoms with Gasteiger partial charge in [0.05, 0.1) is 23.0 Å². The van der Waals surface area contributed by atoms with Crippen LogP contribution in [0, 0.1) is 6.92 Å². The molecule has 0 aromatic carbocycles. The van der Waals surface area contributed by atoms with Gasteiger partial charge in [0, 0.05) is 53.9 Å². The van der Waals surface area contributed by atoms with Gasteiger partial charge < -0.3 is 11.1 Å². The van der Waals surface area contributed by atoms with E-state index in [2.05, 4.69) is 30.2 Å². The molecule has 0 fully saturated rings. The zero-order valence-electron chi connectivity index (χ0n) is 17.1. The van der Waals surface area contributed by atoms with Gasteiger partial charge in [0.15, 0.2) is 0 Å². The molecule has 0 saturated heterocycles. The molecule has 0 atom stereocenters. The molecule has 0 unspecified atom stereocenters. The van der Waals surface area contributed by atoms with Gasteiger partial charge in [0.1, 0.15) is 17.3 Å². The van der Waals surface area contributed by atoms with Crippen LogP contribution in [0.15, 0.2) is 60.1 Å². The Morgan fingerprint density at radius 1 is 1.00 bits per heavy atom. The predicted molar refractivity (Wildman–Crippen MR) is 117 cm³/mol. The van der Waals surface area contributed by atoms with Crippen molar-refractivity contribution in [1.29, 1.82) is 0 Å². The van der Waals surface area contributed by atoms with Crippen molar-refractivity contribution in [2.75, 3.05) is 12.4 Å². The maximum Gasteiger partial charge on any atom is 0.416 e. The number of aromatic nitrogens is 4. The minimum atomic E-state index is -4.50. The lowest BCUT2D eigenvalue weighted by Crippen LogP contribution is -2.16. The van der Waals surface area contributed by atoms with E-state index < -0.39 is 11.7 Å². The van der Waals surface area contributed by atoms with E-state index in [1.165, 1.54) is 6.20 Å². The normalized spacial score (nSPS) is 12.2. The SMILES string of the molecule is CNc1cc2ncc(-c3cc(N=C(N)c4cc(C(F)(F)F)ccn4)cnc3C)cc2cn1. The molecule has 0 radical (unpaired) electrons. The van der Waals surface area contributed by atoms with E-state index in [1.54, 1.807) is 25.5 Å². The van der Waals surface area contributed by atoms with Crippen LogP contribution >= 0.6 is 0 Å². The number of aryl methyl sites for hydroxylation is 1. The maximum atomic E-state index is 13.0. The van der Waals surface area contributed by atoms with Crippen LogP contribution in [0.25, 0.3) is 22.0 Å². The molecular formula is C22H18F3N7. The zero-order chi connectivity index (χ0) is 22.9. The van der Waals surface area contributed by atoms with Crippen molar-refractivity contribution in [3.63, 3.8) is 0 Å². The molecule has 4 aromatic heterocycles. The predicted octanol–water partition coefficient (Wildman–Crippen LogP) is 4.49. The third kappa shape index (κ3) is 4.34. The number of hydrogen-bond acceptors (Lipinski definition) is 6. The number of hydrogen-bond donors (Lipinski definition) is 2. The topological polar surface area (TPSA) is 102 Å². The van der Waals surface area contributed by atoms with Gasteiger partial charge >= 0.3 is 6.18 Å². The highest BCUT2D eigenvalue weighted by Crippen LogP contribution is 2.30. The first-order valence-electron chi connectivity index (χ1n) is 9.53. The fraction of sp³-hybridized carbons (Fsp3) is 0.136. The fourth-order valence-electron chi connectivity index (χ4n) is 3.12. The molecule has 0 amide bonds. The van der Waals surface area contributed by atoms with Gasteiger partial charge in [0.25, 0.3) is 0 Å². The van der Waals surface area contributed by atoms with Gasteiger partial charge in [-0.1, -0.05) is 0 Å². The average molecular weight is 437 g/mol. The van der Waals surface area contributed by atoms with Crippen molar-refractivity contribution in [3.8, 4) is 11.1 Å². The van der Waals surface area contributed by atoms with Crippen molar-refractivity contribution < 1.29 is 13.2 Å². The van der Waals surface area contributed by atoms with Gasteiger partial charge in [-0.3, -0.25) is 15.0 Å². The number of amidine groups is 1. The van der Waals surface area contributed by atoms with Gasteiger partial charge in [-0.25, -0.2) is 9.98 Å². The number of nitrogens with zero attached hydrogens (tertiary/aromatic N) is 5. The minimum absolute atomic E-state index is 0.0688. The van der Waals surface area contributed by atoms with E-state index in [1.807, 2.05) is 19.1 Å². The highest BCUT2D eigenvalue weighted by molar-refractivity contribution is 5.97. The molecular weight excluding hydrogens is 419 g/mol. The molecule has 4 heterocycles. The number of halogens is 3. The first kappa shape index (κ1) is 21.2. The standard InChI is InChI=1S/C22H18F3N7/c1-12-17(13-5-14-10-31-20(27-2)8-18(14)30-9-13)7-16(11-29-12)32-21(26)19-6-15(3-4-28-19)22(23,24)25/h3-11H,1-2H3,(H2,26,32)(H,27,31). The van der Waals surface area contributed by atoms with Gasteiger partial charge in [-0.15, -0.1) is 0 Å². The van der Waals surface area contributed by atoms with Crippen LogP contribution in [0.2, 0.25) is 0 Å². The van der Waals surface area contributed by atoms with E-state index in [4.69, 9.17) is 5.73 Å². The highest BCUT2D eigenvalue weighted by atomic mass is 19.4. The second kappa shape index (κ2) is 8.22. The monoisotopic (exact) mass is 437 g/mol. The summed E-state index contributed by atoms with van der Waals surface area (Å²) in [7, 11) is 1.78. The Bertz CT molecular complexity index is 1330. The fourth-order valence-corrected chi connectivity index (χ4v) is 3.12. The Balaban J connectivity index is 1.71. The van der Waals surface area contributed by atoms with Crippen molar-refractivity contribution >= 4 is 28.2 Å². The molecule has 7 nitrogen and oxygen atoms in total. The van der Waals surface area contributed by atoms with Crippen molar-refractivity contribution in [1.82, 2.24) is 19.9 Å². The molecule has 32 heavy (non-hydrogen) atoms. The van der Waals surface area contributed by atoms with E-state index in [-0.39, 0.29) is 11.5 Å². The van der Waals surface area contributed by atoms with Crippen LogP contribution in [-0.2, 0) is 6.18 Å². The van der Waals surface area contributed by atoms with Crippen LogP contribution in [0.4, 0.5) is 24.7 Å². The quantitative estimate of drug-likeness (QED) is 0.360. The van der Waals surface area contributed by atoms with E-state index in [9.17, 15) is 13.2 Å². The number of aliphatic imine (C=N–C) groups is 1. The summed E-state index contributed by atoms with van der Waals surface area (Å²) in [6.07, 6.45) is 1.49. The largest absolute Gasteiger partial charge is 0.416 e. The van der Waals surface area contributed by atoms with Crippen LogP contribution < -0.4 is 11.1 Å². The Labute approximate surface area is 181 Å². The summed E-state index contributed by atoms with van der Waals surface area (Å²) >= 11 is 0. The summed E-state index contributed by atoms with van der Waals surface area (Å²) in [5, 5.41) is 3.82. The third-order valence-corrected chi connectivity index (χ3v) is 4.80. The summed E-state index contributed by atoms with van der Waals surface area (Å²) in [5.74, 6) is 0.568. The number of fused-ring (bicyclic) bond motifs is 1. The minimum Gasteiger partial charge on any atom is -0.382 e. The molecule has 0 aliphatic rings. The number of rotatable bonds is 4. The van der Waals surface area contributed by atoms with Crippen molar-refractivity contribution in [3.05, 3.63) is 72.1 Å². The molecule has 10 heteroatoms. The van der Waals surface area contributed by atoms with E-state index in [0.717, 1.165) is 46.1 Å². The maximum absolute atomic E-state index is 13.0. The molecule has 4 aromatic rings. The second-order valence-electron chi connectivity index (χ2n) is 6.99. The number of nitrogens with one attached hydrogen (secondary N) is 1. The smallest absolute Gasteiger partial charge is 0.382 e. The molecule has 0 aliphatic heterocycles. The number of alkyl halides is 3. The van der Waals surface area contributed by atoms with Gasteiger partial charge in [-0.2, -0.15) is 13.2 Å². The summed E-state index contributed by atoms with van der Waals surface area (Å²) in [4.78, 5) is 21.3. The van der Waals surface area contributed by atoms with Gasteiger partial charge in [-0.05, 0) is 31.2 Å². The van der Waals surface area contributed by atoms with Crippen LogP contribution in [0.3, 0.4) is 0 Å². The lowest BCUT2D eigenvalue weighted by Gasteiger charge is -2.09. The Kier molecular flexibility index (Phi) is 5.43. The summed E-state index contributed by atoms with van der Waals surface area (Å²) < 4.78 is 38.9. The number of anilines is 1. The average Bonchev–Trinajstić information content (AvgIpc) is 2.79. The Morgan fingerprint density at radius 3 is 2.56 bits per heavy atom. The molecule has 162 valence electrons. The first-order chi connectivity index (χ1) is 15.2. The van der Waals surface area contributed by atoms with Crippen molar-refractivity contribution in [2.45, 2.75) is 13.1 Å². The molecule has 0 spiro atoms. The van der Waals surface area contributed by atoms with Crippen molar-refractivity contribution in [2.24, 2.45) is 10.7 Å². The van der Waals surface area contributed by atoms with Crippen LogP contribution in [-0.4, -0.2) is 32.8 Å². The third-order valence-electron chi connectivity index (χ3n) is 4.80. The van der Waals surface area contributed by atoms with Crippen LogP contribution in [0.1, 0.15) is 17.0 Å². The Morgan fingerprint density at radius 2 is 1.81 bits per heavy atom. The van der Waals surface area contributed by atoms with Gasteiger partial charge in [0.2, 0.25) is 0 Å². The molecule has 0 aliphatic carbocycles.